The Hall–Kier alpha value is -1.34. The summed E-state index contributed by atoms with van der Waals surface area (Å²) in [6.45, 7) is -1.42. The number of rotatable bonds is 4. The highest BCUT2D eigenvalue weighted by atomic mass is 19.2. The van der Waals surface area contributed by atoms with Crippen LogP contribution >= 0.6 is 0 Å². The average Bonchev–Trinajstić information content (AvgIpc) is 2.26. The number of ether oxygens (including phenoxy) is 1. The second-order valence-electron chi connectivity index (χ2n) is 2.86. The van der Waals surface area contributed by atoms with E-state index in [4.69, 9.17) is 10.2 Å². The van der Waals surface area contributed by atoms with Gasteiger partial charge in [-0.05, 0) is 0 Å². The standard InChI is InChI=1S/C9H7F4O3/c10-5-1-6(11)8(13)9(7(5)12)16-3-4(15)2-14/h4,14-15H,2-3H2. The van der Waals surface area contributed by atoms with E-state index in [1.165, 1.54) is 6.07 Å². The lowest BCUT2D eigenvalue weighted by Gasteiger charge is -2.11. The minimum absolute atomic E-state index is 0.701. The van der Waals surface area contributed by atoms with E-state index in [0.29, 0.717) is 0 Å². The van der Waals surface area contributed by atoms with Crippen LogP contribution in [0.3, 0.4) is 0 Å². The summed E-state index contributed by atoms with van der Waals surface area (Å²) in [4.78, 5) is 0. The van der Waals surface area contributed by atoms with E-state index in [2.05, 4.69) is 4.74 Å². The van der Waals surface area contributed by atoms with Crippen LogP contribution in [0, 0.1) is 29.3 Å². The Kier molecular flexibility index (Phi) is 4.08. The molecule has 1 atom stereocenters. The van der Waals surface area contributed by atoms with E-state index < -0.39 is 48.3 Å². The van der Waals surface area contributed by atoms with Crippen LogP contribution in [0.5, 0.6) is 5.75 Å². The Bertz CT molecular complexity index is 357. The van der Waals surface area contributed by atoms with Crippen LogP contribution in [0.4, 0.5) is 17.6 Å². The molecule has 0 aromatic heterocycles. The molecule has 0 aliphatic heterocycles. The molecule has 3 nitrogen and oxygen atoms in total. The topological polar surface area (TPSA) is 49.7 Å². The lowest BCUT2D eigenvalue weighted by Crippen LogP contribution is -2.22. The summed E-state index contributed by atoms with van der Waals surface area (Å²) in [5.74, 6) is -8.24. The highest BCUT2D eigenvalue weighted by Crippen LogP contribution is 2.25. The molecule has 0 bridgehead atoms. The van der Waals surface area contributed by atoms with Crippen molar-refractivity contribution in [2.75, 3.05) is 13.2 Å². The molecule has 1 radical (unpaired) electrons. The van der Waals surface area contributed by atoms with Crippen molar-refractivity contribution in [1.82, 2.24) is 0 Å². The minimum Gasteiger partial charge on any atom is -0.485 e. The van der Waals surface area contributed by atoms with Crippen molar-refractivity contribution in [2.45, 2.75) is 6.10 Å². The van der Waals surface area contributed by atoms with E-state index >= 15 is 0 Å². The lowest BCUT2D eigenvalue weighted by atomic mass is 10.3. The smallest absolute Gasteiger partial charge is 0.204 e. The number of halogens is 4. The summed E-state index contributed by atoms with van der Waals surface area (Å²) in [6.07, 6.45) is -1.41. The molecule has 0 heterocycles. The van der Waals surface area contributed by atoms with Crippen LogP contribution < -0.4 is 4.74 Å². The summed E-state index contributed by atoms with van der Waals surface area (Å²) in [5.41, 5.74) is 0. The van der Waals surface area contributed by atoms with Crippen LogP contribution in [0.2, 0.25) is 0 Å². The first-order valence-corrected chi connectivity index (χ1v) is 4.14. The number of hydrogen-bond acceptors (Lipinski definition) is 3. The van der Waals surface area contributed by atoms with Gasteiger partial charge in [0.25, 0.3) is 0 Å². The van der Waals surface area contributed by atoms with Gasteiger partial charge < -0.3 is 14.9 Å². The molecule has 0 amide bonds. The fourth-order valence-electron chi connectivity index (χ4n) is 0.861. The van der Waals surface area contributed by atoms with Crippen molar-refractivity contribution < 1.29 is 32.5 Å². The van der Waals surface area contributed by atoms with Crippen molar-refractivity contribution >= 4 is 0 Å². The second kappa shape index (κ2) is 5.13. The third kappa shape index (κ3) is 2.61. The first-order valence-electron chi connectivity index (χ1n) is 4.14. The molecule has 0 aliphatic carbocycles. The van der Waals surface area contributed by atoms with Gasteiger partial charge in [-0.2, -0.15) is 8.78 Å². The van der Waals surface area contributed by atoms with Crippen LogP contribution in [-0.4, -0.2) is 29.5 Å². The molecule has 0 spiro atoms. The molecule has 1 rings (SSSR count). The zero-order chi connectivity index (χ0) is 12.3. The molecule has 1 aromatic rings. The summed E-state index contributed by atoms with van der Waals surface area (Å²) >= 11 is 0. The Morgan fingerprint density at radius 1 is 1.12 bits per heavy atom. The SMILES string of the molecule is OCC(O)COc1c(F)c(F)[c]c(F)c1F. The van der Waals surface area contributed by atoms with E-state index in [0.717, 1.165) is 0 Å². The number of aliphatic hydroxyl groups excluding tert-OH is 2. The third-order valence-electron chi connectivity index (χ3n) is 1.63. The Morgan fingerprint density at radius 2 is 1.62 bits per heavy atom. The molecule has 2 N–H and O–H groups in total. The zero-order valence-electron chi connectivity index (χ0n) is 7.81. The summed E-state index contributed by atoms with van der Waals surface area (Å²) in [5, 5.41) is 17.2. The van der Waals surface area contributed by atoms with Crippen LogP contribution in [0.15, 0.2) is 0 Å². The van der Waals surface area contributed by atoms with Gasteiger partial charge in [-0.25, -0.2) is 8.78 Å². The van der Waals surface area contributed by atoms with Crippen LogP contribution in [0.1, 0.15) is 0 Å². The monoisotopic (exact) mass is 239 g/mol. The highest BCUT2D eigenvalue weighted by Gasteiger charge is 2.21. The number of hydrogen-bond donors (Lipinski definition) is 2. The van der Waals surface area contributed by atoms with Gasteiger partial charge in [0, 0.05) is 0 Å². The zero-order valence-corrected chi connectivity index (χ0v) is 7.81. The molecule has 16 heavy (non-hydrogen) atoms. The van der Waals surface area contributed by atoms with E-state index in [1.54, 1.807) is 0 Å². The number of aliphatic hydroxyl groups is 2. The minimum atomic E-state index is -1.75. The van der Waals surface area contributed by atoms with Gasteiger partial charge in [-0.15, -0.1) is 0 Å². The maximum Gasteiger partial charge on any atom is 0.204 e. The largest absolute Gasteiger partial charge is 0.485 e. The summed E-state index contributed by atoms with van der Waals surface area (Å²) in [7, 11) is 0. The summed E-state index contributed by atoms with van der Waals surface area (Å²) in [6, 6.07) is 1.17. The van der Waals surface area contributed by atoms with Gasteiger partial charge in [0.15, 0.2) is 17.4 Å². The molecule has 0 saturated heterocycles. The fourth-order valence-corrected chi connectivity index (χ4v) is 0.861. The number of benzene rings is 1. The molecular weight excluding hydrogens is 232 g/mol. The van der Waals surface area contributed by atoms with E-state index in [9.17, 15) is 17.6 Å². The van der Waals surface area contributed by atoms with Gasteiger partial charge in [-0.1, -0.05) is 0 Å². The van der Waals surface area contributed by atoms with Gasteiger partial charge in [-0.3, -0.25) is 0 Å². The van der Waals surface area contributed by atoms with Crippen molar-refractivity contribution in [1.29, 1.82) is 0 Å². The highest BCUT2D eigenvalue weighted by molar-refractivity contribution is 5.27. The van der Waals surface area contributed by atoms with Gasteiger partial charge in [0.05, 0.1) is 12.7 Å². The van der Waals surface area contributed by atoms with Crippen molar-refractivity contribution in [2.24, 2.45) is 0 Å². The van der Waals surface area contributed by atoms with Gasteiger partial charge in [0.2, 0.25) is 11.6 Å². The molecule has 1 aromatic carbocycles. The molecule has 0 aliphatic rings. The second-order valence-corrected chi connectivity index (χ2v) is 2.86. The molecule has 0 saturated carbocycles. The first kappa shape index (κ1) is 12.7. The summed E-state index contributed by atoms with van der Waals surface area (Å²) < 4.78 is 55.3. The first-order chi connectivity index (χ1) is 7.47. The van der Waals surface area contributed by atoms with Crippen molar-refractivity contribution in [3.05, 3.63) is 29.3 Å². The maximum absolute atomic E-state index is 12.9. The molecule has 89 valence electrons. The van der Waals surface area contributed by atoms with Crippen LogP contribution in [0.25, 0.3) is 0 Å². The molecule has 1 unspecified atom stereocenters. The normalized spacial score (nSPS) is 12.6. The van der Waals surface area contributed by atoms with Crippen molar-refractivity contribution in [3.8, 4) is 5.75 Å². The fraction of sp³-hybridized carbons (Fsp3) is 0.333. The van der Waals surface area contributed by atoms with E-state index in [-0.39, 0.29) is 0 Å². The maximum atomic E-state index is 12.9. The Balaban J connectivity index is 2.94. The van der Waals surface area contributed by atoms with E-state index in [1.807, 2.05) is 0 Å². The third-order valence-corrected chi connectivity index (χ3v) is 1.63. The lowest BCUT2D eigenvalue weighted by molar-refractivity contribution is 0.0503. The molecule has 7 heteroatoms. The van der Waals surface area contributed by atoms with Crippen LogP contribution in [-0.2, 0) is 0 Å². The predicted octanol–water partition coefficient (Wildman–Crippen LogP) is 0.775. The van der Waals surface area contributed by atoms with Gasteiger partial charge >= 0.3 is 0 Å². The average molecular weight is 239 g/mol. The Labute approximate surface area is 87.9 Å². The molecule has 0 fully saturated rings. The Morgan fingerprint density at radius 3 is 2.06 bits per heavy atom. The van der Waals surface area contributed by atoms with Crippen molar-refractivity contribution in [3.63, 3.8) is 0 Å². The molecular formula is C9H7F4O3. The van der Waals surface area contributed by atoms with Gasteiger partial charge in [0.1, 0.15) is 12.7 Å². The predicted molar refractivity (Wildman–Crippen MR) is 43.7 cm³/mol. The quantitative estimate of drug-likeness (QED) is 0.603.